The van der Waals surface area contributed by atoms with Gasteiger partial charge in [-0.1, -0.05) is 12.0 Å². The van der Waals surface area contributed by atoms with Crippen LogP contribution in [0.25, 0.3) is 0 Å². The van der Waals surface area contributed by atoms with E-state index in [9.17, 15) is 0 Å². The lowest BCUT2D eigenvalue weighted by molar-refractivity contribution is 0.332. The molecule has 1 aromatic rings. The molecule has 0 unspecified atom stereocenters. The predicted molar refractivity (Wildman–Crippen MR) is 51.9 cm³/mol. The summed E-state index contributed by atoms with van der Waals surface area (Å²) in [5.41, 5.74) is 0. The smallest absolute Gasteiger partial charge is 0.148 e. The molecule has 1 rings (SSSR count). The van der Waals surface area contributed by atoms with E-state index in [1.54, 1.807) is 0 Å². The third kappa shape index (κ3) is 3.08. The maximum atomic E-state index is 5.29. The van der Waals surface area contributed by atoms with Gasteiger partial charge in [-0.15, -0.1) is 6.42 Å². The van der Waals surface area contributed by atoms with Gasteiger partial charge >= 0.3 is 0 Å². The maximum absolute atomic E-state index is 5.29. The van der Waals surface area contributed by atoms with Gasteiger partial charge in [0.25, 0.3) is 0 Å². The zero-order valence-corrected chi connectivity index (χ0v) is 7.62. The van der Waals surface area contributed by atoms with Crippen molar-refractivity contribution in [2.45, 2.75) is 6.92 Å². The molecule has 0 atom stereocenters. The highest BCUT2D eigenvalue weighted by Crippen LogP contribution is 2.18. The summed E-state index contributed by atoms with van der Waals surface area (Å²) in [6.45, 7) is 2.88. The zero-order chi connectivity index (χ0) is 9.52. The SMILES string of the molecule is C#CCOc1cccc(OCC)c1. The summed E-state index contributed by atoms with van der Waals surface area (Å²) in [7, 11) is 0. The maximum Gasteiger partial charge on any atom is 0.148 e. The topological polar surface area (TPSA) is 18.5 Å². The van der Waals surface area contributed by atoms with Crippen molar-refractivity contribution in [2.24, 2.45) is 0 Å². The second-order valence-corrected chi connectivity index (χ2v) is 2.40. The molecule has 0 aliphatic heterocycles. The summed E-state index contributed by atoms with van der Waals surface area (Å²) in [6, 6.07) is 7.42. The second kappa shape index (κ2) is 5.10. The molecule has 0 amide bonds. The van der Waals surface area contributed by atoms with Gasteiger partial charge in [-0.3, -0.25) is 0 Å². The monoisotopic (exact) mass is 176 g/mol. The first-order chi connectivity index (χ1) is 6.36. The molecule has 0 bridgehead atoms. The molecule has 0 heterocycles. The highest BCUT2D eigenvalue weighted by molar-refractivity contribution is 5.33. The molecule has 2 nitrogen and oxygen atoms in total. The van der Waals surface area contributed by atoms with Crippen molar-refractivity contribution in [1.29, 1.82) is 0 Å². The summed E-state index contributed by atoms with van der Waals surface area (Å²) in [6.07, 6.45) is 5.07. The number of terminal acetylenes is 1. The Hall–Kier alpha value is -1.62. The van der Waals surface area contributed by atoms with Crippen LogP contribution in [0, 0.1) is 12.3 Å². The highest BCUT2D eigenvalue weighted by Gasteiger charge is 1.95. The third-order valence-electron chi connectivity index (χ3n) is 1.44. The van der Waals surface area contributed by atoms with Crippen LogP contribution in [-0.2, 0) is 0 Å². The molecule has 2 heteroatoms. The molecule has 0 spiro atoms. The van der Waals surface area contributed by atoms with Crippen molar-refractivity contribution in [3.05, 3.63) is 24.3 Å². The number of hydrogen-bond acceptors (Lipinski definition) is 2. The summed E-state index contributed by atoms with van der Waals surface area (Å²) in [4.78, 5) is 0. The van der Waals surface area contributed by atoms with Crippen LogP contribution in [0.1, 0.15) is 6.92 Å². The Morgan fingerprint density at radius 1 is 1.31 bits per heavy atom. The molecule has 0 aromatic heterocycles. The van der Waals surface area contributed by atoms with Crippen LogP contribution in [0.5, 0.6) is 11.5 Å². The van der Waals surface area contributed by atoms with Gasteiger partial charge in [0.15, 0.2) is 0 Å². The van der Waals surface area contributed by atoms with Crippen LogP contribution in [0.15, 0.2) is 24.3 Å². The fraction of sp³-hybridized carbons (Fsp3) is 0.273. The van der Waals surface area contributed by atoms with Gasteiger partial charge in [0.05, 0.1) is 6.61 Å². The minimum absolute atomic E-state index is 0.287. The Kier molecular flexibility index (Phi) is 3.72. The quantitative estimate of drug-likeness (QED) is 0.654. The highest BCUT2D eigenvalue weighted by atomic mass is 16.5. The molecule has 0 saturated heterocycles. The van der Waals surface area contributed by atoms with E-state index in [1.165, 1.54) is 0 Å². The van der Waals surface area contributed by atoms with E-state index in [1.807, 2.05) is 31.2 Å². The Balaban J connectivity index is 2.63. The molecular weight excluding hydrogens is 164 g/mol. The lowest BCUT2D eigenvalue weighted by Gasteiger charge is -2.05. The van der Waals surface area contributed by atoms with Crippen LogP contribution in [0.3, 0.4) is 0 Å². The van der Waals surface area contributed by atoms with Crippen molar-refractivity contribution < 1.29 is 9.47 Å². The average molecular weight is 176 g/mol. The van der Waals surface area contributed by atoms with Gasteiger partial charge < -0.3 is 9.47 Å². The Morgan fingerprint density at radius 2 is 2.00 bits per heavy atom. The number of rotatable bonds is 4. The number of ether oxygens (including phenoxy) is 2. The Labute approximate surface area is 78.5 Å². The minimum atomic E-state index is 0.287. The van der Waals surface area contributed by atoms with E-state index in [4.69, 9.17) is 15.9 Å². The molecule has 13 heavy (non-hydrogen) atoms. The lowest BCUT2D eigenvalue weighted by atomic mass is 10.3. The first-order valence-corrected chi connectivity index (χ1v) is 4.16. The van der Waals surface area contributed by atoms with Crippen molar-refractivity contribution in [1.82, 2.24) is 0 Å². The summed E-state index contributed by atoms with van der Waals surface area (Å²) in [5.74, 6) is 3.95. The molecule has 0 radical (unpaired) electrons. The molecule has 1 aromatic carbocycles. The Bertz CT molecular complexity index is 299. The summed E-state index contributed by atoms with van der Waals surface area (Å²) >= 11 is 0. The lowest BCUT2D eigenvalue weighted by Crippen LogP contribution is -1.95. The molecule has 0 fully saturated rings. The molecule has 0 saturated carbocycles. The number of hydrogen-bond donors (Lipinski definition) is 0. The first-order valence-electron chi connectivity index (χ1n) is 4.16. The van der Waals surface area contributed by atoms with E-state index < -0.39 is 0 Å². The normalized spacial score (nSPS) is 8.92. The fourth-order valence-electron chi connectivity index (χ4n) is 0.945. The Morgan fingerprint density at radius 3 is 2.62 bits per heavy atom. The molecular formula is C11H12O2. The van der Waals surface area contributed by atoms with Gasteiger partial charge in [0.2, 0.25) is 0 Å². The molecule has 68 valence electrons. The summed E-state index contributed by atoms with van der Waals surface area (Å²) in [5, 5.41) is 0. The second-order valence-electron chi connectivity index (χ2n) is 2.40. The fourth-order valence-corrected chi connectivity index (χ4v) is 0.945. The first kappa shape index (κ1) is 9.47. The summed E-state index contributed by atoms with van der Waals surface area (Å²) < 4.78 is 10.5. The predicted octanol–water partition coefficient (Wildman–Crippen LogP) is 2.10. The zero-order valence-electron chi connectivity index (χ0n) is 7.62. The minimum Gasteiger partial charge on any atom is -0.494 e. The standard InChI is InChI=1S/C11H12O2/c1-3-8-13-11-7-5-6-10(9-11)12-4-2/h1,5-7,9H,4,8H2,2H3. The van der Waals surface area contributed by atoms with Crippen molar-refractivity contribution in [2.75, 3.05) is 13.2 Å². The van der Waals surface area contributed by atoms with E-state index in [0.717, 1.165) is 11.5 Å². The van der Waals surface area contributed by atoms with E-state index in [0.29, 0.717) is 6.61 Å². The molecule has 0 N–H and O–H groups in total. The van der Waals surface area contributed by atoms with Crippen LogP contribution in [-0.4, -0.2) is 13.2 Å². The van der Waals surface area contributed by atoms with Gasteiger partial charge in [-0.05, 0) is 19.1 Å². The third-order valence-corrected chi connectivity index (χ3v) is 1.44. The van der Waals surface area contributed by atoms with Crippen molar-refractivity contribution in [3.8, 4) is 23.8 Å². The van der Waals surface area contributed by atoms with E-state index in [2.05, 4.69) is 5.92 Å². The van der Waals surface area contributed by atoms with Gasteiger partial charge in [0.1, 0.15) is 18.1 Å². The van der Waals surface area contributed by atoms with Crippen LogP contribution in [0.4, 0.5) is 0 Å². The van der Waals surface area contributed by atoms with Gasteiger partial charge in [0, 0.05) is 6.07 Å². The number of benzene rings is 1. The van der Waals surface area contributed by atoms with Gasteiger partial charge in [-0.25, -0.2) is 0 Å². The van der Waals surface area contributed by atoms with Crippen LogP contribution in [0.2, 0.25) is 0 Å². The van der Waals surface area contributed by atoms with E-state index >= 15 is 0 Å². The molecule has 0 aliphatic rings. The van der Waals surface area contributed by atoms with Crippen molar-refractivity contribution in [3.63, 3.8) is 0 Å². The average Bonchev–Trinajstić information content (AvgIpc) is 2.16. The van der Waals surface area contributed by atoms with Gasteiger partial charge in [-0.2, -0.15) is 0 Å². The molecule has 0 aliphatic carbocycles. The van der Waals surface area contributed by atoms with Crippen LogP contribution < -0.4 is 9.47 Å². The van der Waals surface area contributed by atoms with Crippen molar-refractivity contribution >= 4 is 0 Å². The largest absolute Gasteiger partial charge is 0.494 e. The van der Waals surface area contributed by atoms with E-state index in [-0.39, 0.29) is 6.61 Å². The van der Waals surface area contributed by atoms with Crippen LogP contribution >= 0.6 is 0 Å².